The van der Waals surface area contributed by atoms with Crippen molar-refractivity contribution in [3.8, 4) is 11.4 Å². The Morgan fingerprint density at radius 1 is 1.24 bits per heavy atom. The van der Waals surface area contributed by atoms with Crippen LogP contribution in [0, 0.1) is 0 Å². The zero-order chi connectivity index (χ0) is 12.3. The number of imidazole rings is 1. The maximum Gasteiger partial charge on any atom is 0.381 e. The molecule has 0 fully saturated rings. The summed E-state index contributed by atoms with van der Waals surface area (Å²) in [5.74, 6) is -1.10. The Labute approximate surface area is 97.4 Å². The third kappa shape index (κ3) is 2.23. The van der Waals surface area contributed by atoms with Crippen LogP contribution in [-0.2, 0) is 9.53 Å². The first-order valence-electron chi connectivity index (χ1n) is 4.95. The van der Waals surface area contributed by atoms with Crippen LogP contribution in [0.4, 0.5) is 0 Å². The Hall–Kier alpha value is -2.43. The summed E-state index contributed by atoms with van der Waals surface area (Å²) in [7, 11) is 1.16. The van der Waals surface area contributed by atoms with E-state index in [4.69, 9.17) is 0 Å². The van der Waals surface area contributed by atoms with Crippen molar-refractivity contribution >= 4 is 11.8 Å². The number of carbonyl (C=O) groups is 2. The molecule has 1 aromatic heterocycles. The lowest BCUT2D eigenvalue weighted by atomic mass is 10.2. The van der Waals surface area contributed by atoms with Gasteiger partial charge in [0.2, 0.25) is 0 Å². The van der Waals surface area contributed by atoms with Crippen molar-refractivity contribution in [2.24, 2.45) is 0 Å². The molecule has 1 N–H and O–H groups in total. The number of carbonyl (C=O) groups excluding carboxylic acids is 2. The first kappa shape index (κ1) is 11.1. The fourth-order valence-electron chi connectivity index (χ4n) is 1.38. The first-order chi connectivity index (χ1) is 8.22. The van der Waals surface area contributed by atoms with Crippen LogP contribution < -0.4 is 0 Å². The summed E-state index contributed by atoms with van der Waals surface area (Å²) in [5, 5.41) is 0. The largest absolute Gasteiger partial charge is 0.463 e. The molecule has 1 heterocycles. The zero-order valence-electron chi connectivity index (χ0n) is 9.14. The minimum absolute atomic E-state index is 0.121. The van der Waals surface area contributed by atoms with Crippen LogP contribution >= 0.6 is 0 Å². The molecule has 0 atom stereocenters. The lowest BCUT2D eigenvalue weighted by Gasteiger charge is -1.96. The molecule has 0 aliphatic heterocycles. The van der Waals surface area contributed by atoms with E-state index in [1.807, 2.05) is 30.3 Å². The Balaban J connectivity index is 2.28. The highest BCUT2D eigenvalue weighted by molar-refractivity contribution is 6.40. The SMILES string of the molecule is COC(=O)C(=O)c1cnc(-c2ccccc2)[nH]1. The summed E-state index contributed by atoms with van der Waals surface area (Å²) < 4.78 is 4.35. The number of rotatable bonds is 3. The zero-order valence-corrected chi connectivity index (χ0v) is 9.14. The number of aromatic amines is 1. The molecule has 2 aromatic rings. The number of hydrogen-bond acceptors (Lipinski definition) is 4. The Morgan fingerprint density at radius 2 is 1.94 bits per heavy atom. The number of ether oxygens (including phenoxy) is 1. The topological polar surface area (TPSA) is 72.1 Å². The third-order valence-electron chi connectivity index (χ3n) is 2.24. The second-order valence-corrected chi connectivity index (χ2v) is 3.33. The predicted molar refractivity (Wildman–Crippen MR) is 60.4 cm³/mol. The second kappa shape index (κ2) is 4.61. The minimum atomic E-state index is -0.909. The maximum absolute atomic E-state index is 11.5. The summed E-state index contributed by atoms with van der Waals surface area (Å²) in [6.45, 7) is 0. The number of nitrogens with zero attached hydrogens (tertiary/aromatic N) is 1. The highest BCUT2D eigenvalue weighted by Crippen LogP contribution is 2.14. The van der Waals surface area contributed by atoms with Crippen molar-refractivity contribution in [2.45, 2.75) is 0 Å². The molecule has 0 saturated heterocycles. The molecular weight excluding hydrogens is 220 g/mol. The van der Waals surface area contributed by atoms with Crippen LogP contribution in [0.2, 0.25) is 0 Å². The summed E-state index contributed by atoms with van der Waals surface area (Å²) in [4.78, 5) is 29.3. The minimum Gasteiger partial charge on any atom is -0.463 e. The van der Waals surface area contributed by atoms with Crippen LogP contribution in [-0.4, -0.2) is 28.8 Å². The maximum atomic E-state index is 11.5. The van der Waals surface area contributed by atoms with E-state index in [2.05, 4.69) is 14.7 Å². The van der Waals surface area contributed by atoms with Gasteiger partial charge < -0.3 is 9.72 Å². The van der Waals surface area contributed by atoms with Gasteiger partial charge in [0.05, 0.1) is 13.3 Å². The van der Waals surface area contributed by atoms with Crippen LogP contribution in [0.25, 0.3) is 11.4 Å². The fourth-order valence-corrected chi connectivity index (χ4v) is 1.38. The van der Waals surface area contributed by atoms with Crippen LogP contribution in [0.1, 0.15) is 10.5 Å². The van der Waals surface area contributed by atoms with Gasteiger partial charge in [0.25, 0.3) is 5.78 Å². The van der Waals surface area contributed by atoms with E-state index in [1.165, 1.54) is 6.20 Å². The summed E-state index contributed by atoms with van der Waals surface area (Å²) in [6.07, 6.45) is 1.32. The normalized spacial score (nSPS) is 9.94. The van der Waals surface area contributed by atoms with E-state index in [0.29, 0.717) is 5.82 Å². The summed E-state index contributed by atoms with van der Waals surface area (Å²) in [5.41, 5.74) is 0.965. The standard InChI is InChI=1S/C12H10N2O3/c1-17-12(16)10(15)9-7-13-11(14-9)8-5-3-2-4-6-8/h2-7H,1H3,(H,13,14). The molecule has 0 bridgehead atoms. The molecule has 0 saturated carbocycles. The van der Waals surface area contributed by atoms with Crippen molar-refractivity contribution in [3.05, 3.63) is 42.2 Å². The molecule has 86 valence electrons. The highest BCUT2D eigenvalue weighted by atomic mass is 16.5. The number of H-pyrrole nitrogens is 1. The van der Waals surface area contributed by atoms with Gasteiger partial charge >= 0.3 is 5.97 Å². The Kier molecular flexibility index (Phi) is 3.00. The van der Waals surface area contributed by atoms with Crippen molar-refractivity contribution < 1.29 is 14.3 Å². The van der Waals surface area contributed by atoms with Gasteiger partial charge in [-0.15, -0.1) is 0 Å². The van der Waals surface area contributed by atoms with Crippen LogP contribution in [0.5, 0.6) is 0 Å². The van der Waals surface area contributed by atoms with Crippen molar-refractivity contribution in [1.29, 1.82) is 0 Å². The predicted octanol–water partition coefficient (Wildman–Crippen LogP) is 1.43. The van der Waals surface area contributed by atoms with Crippen molar-refractivity contribution in [2.75, 3.05) is 7.11 Å². The Morgan fingerprint density at radius 3 is 2.59 bits per heavy atom. The van der Waals surface area contributed by atoms with Gasteiger partial charge in [-0.3, -0.25) is 4.79 Å². The van der Waals surface area contributed by atoms with E-state index in [1.54, 1.807) is 0 Å². The highest BCUT2D eigenvalue weighted by Gasteiger charge is 2.19. The first-order valence-corrected chi connectivity index (χ1v) is 4.95. The van der Waals surface area contributed by atoms with E-state index in [0.717, 1.165) is 12.7 Å². The number of nitrogens with one attached hydrogen (secondary N) is 1. The second-order valence-electron chi connectivity index (χ2n) is 3.33. The summed E-state index contributed by atoms with van der Waals surface area (Å²) >= 11 is 0. The molecule has 0 spiro atoms. The molecule has 0 unspecified atom stereocenters. The van der Waals surface area contributed by atoms with Gasteiger partial charge in [-0.1, -0.05) is 30.3 Å². The summed E-state index contributed by atoms with van der Waals surface area (Å²) in [6, 6.07) is 9.31. The third-order valence-corrected chi connectivity index (χ3v) is 2.24. The van der Waals surface area contributed by atoms with E-state index in [9.17, 15) is 9.59 Å². The molecule has 0 radical (unpaired) electrons. The number of hydrogen-bond donors (Lipinski definition) is 1. The van der Waals surface area contributed by atoms with Crippen LogP contribution in [0.3, 0.4) is 0 Å². The molecule has 2 rings (SSSR count). The quantitative estimate of drug-likeness (QED) is 0.492. The lowest BCUT2D eigenvalue weighted by molar-refractivity contribution is -0.135. The van der Waals surface area contributed by atoms with Gasteiger partial charge in [-0.05, 0) is 0 Å². The smallest absolute Gasteiger partial charge is 0.381 e. The lowest BCUT2D eigenvalue weighted by Crippen LogP contribution is -2.15. The van der Waals surface area contributed by atoms with Gasteiger partial charge in [-0.2, -0.15) is 0 Å². The molecule has 1 aromatic carbocycles. The number of benzene rings is 1. The van der Waals surface area contributed by atoms with Crippen LogP contribution in [0.15, 0.2) is 36.5 Å². The van der Waals surface area contributed by atoms with Crippen molar-refractivity contribution in [3.63, 3.8) is 0 Å². The number of Topliss-reactive ketones (excluding diaryl/α,β-unsaturated/α-hetero) is 1. The van der Waals surface area contributed by atoms with E-state index < -0.39 is 11.8 Å². The molecule has 0 aliphatic carbocycles. The molecule has 17 heavy (non-hydrogen) atoms. The molecule has 0 aliphatic rings. The van der Waals surface area contributed by atoms with Crippen molar-refractivity contribution in [1.82, 2.24) is 9.97 Å². The Bertz CT molecular complexity index is 546. The van der Waals surface area contributed by atoms with Gasteiger partial charge in [-0.25, -0.2) is 9.78 Å². The average molecular weight is 230 g/mol. The fraction of sp³-hybridized carbons (Fsp3) is 0.0833. The number of esters is 1. The molecular formula is C12H10N2O3. The number of aromatic nitrogens is 2. The monoisotopic (exact) mass is 230 g/mol. The van der Waals surface area contributed by atoms with E-state index >= 15 is 0 Å². The average Bonchev–Trinajstić information content (AvgIpc) is 2.87. The molecule has 0 amide bonds. The van der Waals surface area contributed by atoms with Gasteiger partial charge in [0.1, 0.15) is 11.5 Å². The van der Waals surface area contributed by atoms with E-state index in [-0.39, 0.29) is 5.69 Å². The van der Waals surface area contributed by atoms with Gasteiger partial charge in [0, 0.05) is 5.56 Å². The van der Waals surface area contributed by atoms with Gasteiger partial charge in [0.15, 0.2) is 0 Å². The molecule has 5 nitrogen and oxygen atoms in total. The molecule has 5 heteroatoms. The number of methoxy groups -OCH3 is 1. The number of ketones is 1.